The molecule has 0 atom stereocenters. The fourth-order valence-corrected chi connectivity index (χ4v) is 2.58. The van der Waals surface area contributed by atoms with Crippen molar-refractivity contribution in [3.63, 3.8) is 0 Å². The molecule has 1 aliphatic rings. The Balaban J connectivity index is 2.15. The highest BCUT2D eigenvalue weighted by atomic mass is 79.9. The summed E-state index contributed by atoms with van der Waals surface area (Å²) in [5.41, 5.74) is 4.11. The van der Waals surface area contributed by atoms with Crippen molar-refractivity contribution in [3.8, 4) is 11.3 Å². The van der Waals surface area contributed by atoms with E-state index in [2.05, 4.69) is 26.1 Å². The zero-order valence-corrected chi connectivity index (χ0v) is 11.3. The smallest absolute Gasteiger partial charge is 0.0994 e. The minimum Gasteiger partial charge on any atom is -0.376 e. The van der Waals surface area contributed by atoms with E-state index in [1.807, 2.05) is 18.2 Å². The molecule has 3 rings (SSSR count). The Labute approximate surface area is 112 Å². The van der Waals surface area contributed by atoms with Crippen LogP contribution in [0.2, 0.25) is 5.02 Å². The number of rotatable bonds is 1. The van der Waals surface area contributed by atoms with Crippen LogP contribution in [-0.4, -0.2) is 16.8 Å². The van der Waals surface area contributed by atoms with Crippen molar-refractivity contribution in [2.75, 3.05) is 6.61 Å². The third-order valence-electron chi connectivity index (χ3n) is 2.88. The second-order valence-corrected chi connectivity index (χ2v) is 5.28. The number of aromatic nitrogens is 2. The van der Waals surface area contributed by atoms with Crippen molar-refractivity contribution in [1.29, 1.82) is 0 Å². The van der Waals surface area contributed by atoms with E-state index in [0.717, 1.165) is 40.0 Å². The molecule has 1 N–H and O–H groups in total. The van der Waals surface area contributed by atoms with E-state index in [0.29, 0.717) is 11.6 Å². The first-order valence-corrected chi connectivity index (χ1v) is 6.52. The molecule has 0 unspecified atom stereocenters. The summed E-state index contributed by atoms with van der Waals surface area (Å²) in [4.78, 5) is 0. The average molecular weight is 314 g/mol. The van der Waals surface area contributed by atoms with Gasteiger partial charge in [0.1, 0.15) is 0 Å². The maximum Gasteiger partial charge on any atom is 0.0994 e. The molecule has 0 saturated heterocycles. The molecule has 5 heteroatoms. The number of H-pyrrole nitrogens is 1. The van der Waals surface area contributed by atoms with Crippen LogP contribution in [0.3, 0.4) is 0 Å². The third kappa shape index (κ3) is 2.01. The summed E-state index contributed by atoms with van der Waals surface area (Å²) in [5, 5.41) is 8.13. The van der Waals surface area contributed by atoms with Crippen LogP contribution in [0.25, 0.3) is 11.3 Å². The summed E-state index contributed by atoms with van der Waals surface area (Å²) in [6.07, 6.45) is 0.883. The first kappa shape index (κ1) is 11.3. The first-order chi connectivity index (χ1) is 8.25. The molecule has 0 aliphatic carbocycles. The Hall–Kier alpha value is -0.840. The van der Waals surface area contributed by atoms with Crippen molar-refractivity contribution >= 4 is 27.5 Å². The predicted molar refractivity (Wildman–Crippen MR) is 70.1 cm³/mol. The SMILES string of the molecule is Clc1ccc(Br)cc1-c1n[nH]c2c1COCC2. The van der Waals surface area contributed by atoms with Gasteiger partial charge in [-0.25, -0.2) is 0 Å². The van der Waals surface area contributed by atoms with Crippen LogP contribution in [0.1, 0.15) is 11.3 Å². The highest BCUT2D eigenvalue weighted by molar-refractivity contribution is 9.10. The van der Waals surface area contributed by atoms with Gasteiger partial charge < -0.3 is 4.74 Å². The van der Waals surface area contributed by atoms with Gasteiger partial charge in [0.25, 0.3) is 0 Å². The number of ether oxygens (including phenoxy) is 1. The van der Waals surface area contributed by atoms with E-state index >= 15 is 0 Å². The van der Waals surface area contributed by atoms with Crippen LogP contribution >= 0.6 is 27.5 Å². The lowest BCUT2D eigenvalue weighted by molar-refractivity contribution is 0.110. The van der Waals surface area contributed by atoms with E-state index in [-0.39, 0.29) is 0 Å². The fraction of sp³-hybridized carbons (Fsp3) is 0.250. The third-order valence-corrected chi connectivity index (χ3v) is 3.70. The zero-order valence-electron chi connectivity index (χ0n) is 8.96. The number of aromatic amines is 1. The number of nitrogens with zero attached hydrogens (tertiary/aromatic N) is 1. The van der Waals surface area contributed by atoms with Crippen LogP contribution in [-0.2, 0) is 17.8 Å². The van der Waals surface area contributed by atoms with Crippen LogP contribution in [0.15, 0.2) is 22.7 Å². The molecule has 0 spiro atoms. The summed E-state index contributed by atoms with van der Waals surface area (Å²) < 4.78 is 6.46. The molecular weight excluding hydrogens is 304 g/mol. The van der Waals surface area contributed by atoms with Crippen molar-refractivity contribution in [2.45, 2.75) is 13.0 Å². The summed E-state index contributed by atoms with van der Waals surface area (Å²) in [6, 6.07) is 5.76. The van der Waals surface area contributed by atoms with E-state index < -0.39 is 0 Å². The largest absolute Gasteiger partial charge is 0.376 e. The topological polar surface area (TPSA) is 37.9 Å². The molecular formula is C12H10BrClN2O. The van der Waals surface area contributed by atoms with E-state index in [9.17, 15) is 0 Å². The van der Waals surface area contributed by atoms with Gasteiger partial charge in [-0.1, -0.05) is 27.5 Å². The van der Waals surface area contributed by atoms with Gasteiger partial charge in [0, 0.05) is 27.7 Å². The molecule has 1 aromatic carbocycles. The van der Waals surface area contributed by atoms with E-state index in [1.165, 1.54) is 0 Å². The Morgan fingerprint density at radius 3 is 3.18 bits per heavy atom. The lowest BCUT2D eigenvalue weighted by Gasteiger charge is -2.13. The van der Waals surface area contributed by atoms with Gasteiger partial charge >= 0.3 is 0 Å². The van der Waals surface area contributed by atoms with E-state index in [1.54, 1.807) is 0 Å². The molecule has 2 aromatic rings. The number of nitrogens with one attached hydrogen (secondary N) is 1. The van der Waals surface area contributed by atoms with Crippen molar-refractivity contribution in [3.05, 3.63) is 39.0 Å². The minimum absolute atomic E-state index is 0.601. The minimum atomic E-state index is 0.601. The number of fused-ring (bicyclic) bond motifs is 1. The highest BCUT2D eigenvalue weighted by Crippen LogP contribution is 2.34. The summed E-state index contributed by atoms with van der Waals surface area (Å²) in [6.45, 7) is 1.35. The number of hydrogen-bond acceptors (Lipinski definition) is 2. The summed E-state index contributed by atoms with van der Waals surface area (Å²) in [7, 11) is 0. The molecule has 88 valence electrons. The summed E-state index contributed by atoms with van der Waals surface area (Å²) in [5.74, 6) is 0. The molecule has 0 fully saturated rings. The Bertz CT molecular complexity index is 568. The molecule has 0 saturated carbocycles. The normalized spacial score (nSPS) is 14.7. The maximum atomic E-state index is 6.21. The van der Waals surface area contributed by atoms with Crippen molar-refractivity contribution in [2.24, 2.45) is 0 Å². The number of halogens is 2. The highest BCUT2D eigenvalue weighted by Gasteiger charge is 2.19. The molecule has 3 nitrogen and oxygen atoms in total. The molecule has 1 aliphatic heterocycles. The van der Waals surface area contributed by atoms with Gasteiger partial charge in [-0.3, -0.25) is 5.10 Å². The van der Waals surface area contributed by atoms with Crippen LogP contribution < -0.4 is 0 Å². The van der Waals surface area contributed by atoms with Crippen molar-refractivity contribution < 1.29 is 4.74 Å². The maximum absolute atomic E-state index is 6.21. The van der Waals surface area contributed by atoms with E-state index in [4.69, 9.17) is 16.3 Å². The second-order valence-electron chi connectivity index (χ2n) is 3.96. The molecule has 0 bridgehead atoms. The zero-order chi connectivity index (χ0) is 11.8. The van der Waals surface area contributed by atoms with Gasteiger partial charge in [-0.05, 0) is 18.2 Å². The second kappa shape index (κ2) is 4.44. The average Bonchev–Trinajstić information content (AvgIpc) is 2.76. The lowest BCUT2D eigenvalue weighted by atomic mass is 10.0. The van der Waals surface area contributed by atoms with Crippen molar-refractivity contribution in [1.82, 2.24) is 10.2 Å². The van der Waals surface area contributed by atoms with Gasteiger partial charge in [-0.15, -0.1) is 0 Å². The first-order valence-electron chi connectivity index (χ1n) is 5.35. The van der Waals surface area contributed by atoms with Gasteiger partial charge in [0.05, 0.1) is 23.9 Å². The van der Waals surface area contributed by atoms with Crippen LogP contribution in [0.4, 0.5) is 0 Å². The molecule has 1 aromatic heterocycles. The molecule has 0 amide bonds. The predicted octanol–water partition coefficient (Wildman–Crippen LogP) is 3.57. The standard InChI is InChI=1S/C12H10BrClN2O/c13-7-1-2-10(14)8(5-7)12-9-6-17-4-3-11(9)15-16-12/h1-2,5H,3-4,6H2,(H,15,16). The van der Waals surface area contributed by atoms with Gasteiger partial charge in [0.2, 0.25) is 0 Å². The Morgan fingerprint density at radius 2 is 2.29 bits per heavy atom. The quantitative estimate of drug-likeness (QED) is 0.874. The lowest BCUT2D eigenvalue weighted by Crippen LogP contribution is -2.08. The van der Waals surface area contributed by atoms with Gasteiger partial charge in [0.15, 0.2) is 0 Å². The van der Waals surface area contributed by atoms with Crippen LogP contribution in [0.5, 0.6) is 0 Å². The monoisotopic (exact) mass is 312 g/mol. The number of benzene rings is 1. The number of hydrogen-bond donors (Lipinski definition) is 1. The van der Waals surface area contributed by atoms with Crippen LogP contribution in [0, 0.1) is 0 Å². The fourth-order valence-electron chi connectivity index (χ4n) is 2.01. The summed E-state index contributed by atoms with van der Waals surface area (Å²) >= 11 is 9.66. The molecule has 17 heavy (non-hydrogen) atoms. The Morgan fingerprint density at radius 1 is 1.41 bits per heavy atom. The van der Waals surface area contributed by atoms with Gasteiger partial charge in [-0.2, -0.15) is 5.10 Å². The molecule has 2 heterocycles. The molecule has 0 radical (unpaired) electrons. The Kier molecular flexibility index (Phi) is 2.94.